The maximum Gasteiger partial charge on any atom is 0.227 e. The van der Waals surface area contributed by atoms with Crippen molar-refractivity contribution >= 4 is 23.4 Å². The highest BCUT2D eigenvalue weighted by Gasteiger charge is 2.37. The van der Waals surface area contributed by atoms with E-state index in [-0.39, 0.29) is 36.7 Å². The second-order valence-electron chi connectivity index (χ2n) is 9.05. The van der Waals surface area contributed by atoms with Crippen LogP contribution in [-0.4, -0.2) is 69.6 Å². The van der Waals surface area contributed by atoms with E-state index in [0.29, 0.717) is 48.4 Å². The van der Waals surface area contributed by atoms with Gasteiger partial charge in [-0.05, 0) is 18.8 Å². The molecule has 33 heavy (non-hydrogen) atoms. The second kappa shape index (κ2) is 10.8. The van der Waals surface area contributed by atoms with Gasteiger partial charge in [0.2, 0.25) is 23.5 Å². The minimum Gasteiger partial charge on any atom is -0.493 e. The maximum absolute atomic E-state index is 12.9. The van der Waals surface area contributed by atoms with Crippen LogP contribution >= 0.6 is 0 Å². The van der Waals surface area contributed by atoms with Crippen LogP contribution in [0.25, 0.3) is 0 Å². The molecule has 9 heteroatoms. The standard InChI is InChI=1S/C24H35N3O6/c1-15(2)10-21(28)26-8-6-17(7-9-26)25-24(30)16-11-22(29)27(14-16)18-12-19(31-3)23(33-5)20(13-18)32-4/h12-13,15-17H,6-11,14H2,1-5H3,(H,25,30). The largest absolute Gasteiger partial charge is 0.493 e. The molecular weight excluding hydrogens is 426 g/mol. The minimum absolute atomic E-state index is 0.0194. The molecule has 0 radical (unpaired) electrons. The SMILES string of the molecule is COc1cc(N2CC(C(=O)NC3CCN(C(=O)CC(C)C)CC3)CC2=O)cc(OC)c1OC. The van der Waals surface area contributed by atoms with Crippen LogP contribution in [0, 0.1) is 11.8 Å². The molecule has 1 aromatic rings. The molecule has 1 N–H and O–H groups in total. The van der Waals surface area contributed by atoms with Crippen LogP contribution in [0.2, 0.25) is 0 Å². The monoisotopic (exact) mass is 461 g/mol. The molecule has 2 saturated heterocycles. The Morgan fingerprint density at radius 3 is 2.18 bits per heavy atom. The number of methoxy groups -OCH3 is 3. The molecule has 9 nitrogen and oxygen atoms in total. The van der Waals surface area contributed by atoms with E-state index in [0.717, 1.165) is 12.8 Å². The number of hydrogen-bond acceptors (Lipinski definition) is 6. The van der Waals surface area contributed by atoms with Crippen LogP contribution in [0.4, 0.5) is 5.69 Å². The molecule has 0 aliphatic carbocycles. The van der Waals surface area contributed by atoms with Gasteiger partial charge in [0.15, 0.2) is 11.5 Å². The van der Waals surface area contributed by atoms with Gasteiger partial charge in [0.05, 0.1) is 32.9 Å². The number of rotatable bonds is 8. The van der Waals surface area contributed by atoms with Gasteiger partial charge >= 0.3 is 0 Å². The first-order chi connectivity index (χ1) is 15.8. The molecule has 0 saturated carbocycles. The number of ether oxygens (including phenoxy) is 3. The Kier molecular flexibility index (Phi) is 8.05. The third-order valence-electron chi connectivity index (χ3n) is 6.23. The van der Waals surface area contributed by atoms with Gasteiger partial charge in [-0.25, -0.2) is 0 Å². The summed E-state index contributed by atoms with van der Waals surface area (Å²) in [4.78, 5) is 41.4. The topological polar surface area (TPSA) is 97.4 Å². The number of likely N-dealkylation sites (tertiary alicyclic amines) is 1. The van der Waals surface area contributed by atoms with Gasteiger partial charge in [-0.1, -0.05) is 13.8 Å². The predicted molar refractivity (Wildman–Crippen MR) is 124 cm³/mol. The Bertz CT molecular complexity index is 854. The highest BCUT2D eigenvalue weighted by molar-refractivity contribution is 6.00. The summed E-state index contributed by atoms with van der Waals surface area (Å²) in [6, 6.07) is 3.44. The zero-order valence-corrected chi connectivity index (χ0v) is 20.2. The quantitative estimate of drug-likeness (QED) is 0.638. The van der Waals surface area contributed by atoms with E-state index in [1.807, 2.05) is 18.7 Å². The lowest BCUT2D eigenvalue weighted by atomic mass is 10.0. The predicted octanol–water partition coefficient (Wildman–Crippen LogP) is 2.22. The highest BCUT2D eigenvalue weighted by atomic mass is 16.5. The zero-order valence-electron chi connectivity index (χ0n) is 20.2. The lowest BCUT2D eigenvalue weighted by Crippen LogP contribution is -2.48. The smallest absolute Gasteiger partial charge is 0.227 e. The minimum atomic E-state index is -0.433. The van der Waals surface area contributed by atoms with Crippen molar-refractivity contribution in [3.63, 3.8) is 0 Å². The summed E-state index contributed by atoms with van der Waals surface area (Å²) in [6.07, 6.45) is 2.16. The number of benzene rings is 1. The summed E-state index contributed by atoms with van der Waals surface area (Å²) in [7, 11) is 4.56. The maximum atomic E-state index is 12.9. The highest BCUT2D eigenvalue weighted by Crippen LogP contribution is 2.42. The summed E-state index contributed by atoms with van der Waals surface area (Å²) in [5, 5.41) is 3.09. The van der Waals surface area contributed by atoms with E-state index >= 15 is 0 Å². The number of nitrogens with one attached hydrogen (secondary N) is 1. The summed E-state index contributed by atoms with van der Waals surface area (Å²) in [5.41, 5.74) is 0.599. The van der Waals surface area contributed by atoms with Crippen LogP contribution < -0.4 is 24.4 Å². The van der Waals surface area contributed by atoms with E-state index in [9.17, 15) is 14.4 Å². The van der Waals surface area contributed by atoms with Gasteiger partial charge in [-0.3, -0.25) is 14.4 Å². The summed E-state index contributed by atoms with van der Waals surface area (Å²) < 4.78 is 16.1. The van der Waals surface area contributed by atoms with E-state index in [4.69, 9.17) is 14.2 Å². The second-order valence-corrected chi connectivity index (χ2v) is 9.05. The molecule has 3 rings (SSSR count). The fourth-order valence-corrected chi connectivity index (χ4v) is 4.43. The number of carbonyl (C=O) groups excluding carboxylic acids is 3. The fraction of sp³-hybridized carbons (Fsp3) is 0.625. The molecule has 1 aromatic carbocycles. The molecule has 182 valence electrons. The first kappa shape index (κ1) is 24.7. The van der Waals surface area contributed by atoms with E-state index in [1.165, 1.54) is 21.3 Å². The Morgan fingerprint density at radius 2 is 1.67 bits per heavy atom. The van der Waals surface area contributed by atoms with Crippen LogP contribution in [0.15, 0.2) is 12.1 Å². The van der Waals surface area contributed by atoms with E-state index in [2.05, 4.69) is 5.32 Å². The molecule has 2 aliphatic rings. The van der Waals surface area contributed by atoms with Gasteiger partial charge in [0.1, 0.15) is 0 Å². The fourth-order valence-electron chi connectivity index (χ4n) is 4.43. The van der Waals surface area contributed by atoms with Crippen molar-refractivity contribution in [1.82, 2.24) is 10.2 Å². The third kappa shape index (κ3) is 5.69. The van der Waals surface area contributed by atoms with Gasteiger partial charge < -0.3 is 29.3 Å². The Balaban J connectivity index is 1.59. The molecule has 0 aromatic heterocycles. The number of piperidine rings is 1. The molecule has 2 aliphatic heterocycles. The van der Waals surface area contributed by atoms with E-state index < -0.39 is 5.92 Å². The number of carbonyl (C=O) groups is 3. The van der Waals surface area contributed by atoms with Crippen molar-refractivity contribution in [2.24, 2.45) is 11.8 Å². The van der Waals surface area contributed by atoms with Crippen LogP contribution in [-0.2, 0) is 14.4 Å². The van der Waals surface area contributed by atoms with Crippen molar-refractivity contribution in [1.29, 1.82) is 0 Å². The van der Waals surface area contributed by atoms with Gasteiger partial charge in [0, 0.05) is 50.7 Å². The molecule has 1 atom stereocenters. The first-order valence-corrected chi connectivity index (χ1v) is 11.5. The zero-order chi connectivity index (χ0) is 24.1. The van der Waals surface area contributed by atoms with Gasteiger partial charge in [-0.2, -0.15) is 0 Å². The number of amides is 3. The van der Waals surface area contributed by atoms with Gasteiger partial charge in [-0.15, -0.1) is 0 Å². The van der Waals surface area contributed by atoms with Crippen molar-refractivity contribution in [3.05, 3.63) is 12.1 Å². The molecule has 0 bridgehead atoms. The molecular formula is C24H35N3O6. The molecule has 1 unspecified atom stereocenters. The van der Waals surface area contributed by atoms with Crippen LogP contribution in [0.5, 0.6) is 17.2 Å². The van der Waals surface area contributed by atoms with Gasteiger partial charge in [0.25, 0.3) is 0 Å². The average Bonchev–Trinajstić information content (AvgIpc) is 3.19. The molecule has 2 fully saturated rings. The summed E-state index contributed by atoms with van der Waals surface area (Å²) in [5.74, 6) is 1.18. The molecule has 0 spiro atoms. The third-order valence-corrected chi connectivity index (χ3v) is 6.23. The van der Waals surface area contributed by atoms with Crippen molar-refractivity contribution in [2.45, 2.75) is 45.6 Å². The Hall–Kier alpha value is -2.97. The van der Waals surface area contributed by atoms with Crippen LogP contribution in [0.1, 0.15) is 39.5 Å². The average molecular weight is 462 g/mol. The van der Waals surface area contributed by atoms with Crippen molar-refractivity contribution in [3.8, 4) is 17.2 Å². The summed E-state index contributed by atoms with van der Waals surface area (Å²) >= 11 is 0. The first-order valence-electron chi connectivity index (χ1n) is 11.5. The van der Waals surface area contributed by atoms with Crippen molar-refractivity contribution < 1.29 is 28.6 Å². The normalized spacial score (nSPS) is 19.1. The lowest BCUT2D eigenvalue weighted by Gasteiger charge is -2.33. The lowest BCUT2D eigenvalue weighted by molar-refractivity contribution is -0.133. The van der Waals surface area contributed by atoms with Crippen LogP contribution in [0.3, 0.4) is 0 Å². The number of nitrogens with zero attached hydrogens (tertiary/aromatic N) is 2. The number of anilines is 1. The molecule has 2 heterocycles. The summed E-state index contributed by atoms with van der Waals surface area (Å²) in [6.45, 7) is 5.66. The van der Waals surface area contributed by atoms with Crippen molar-refractivity contribution in [2.75, 3.05) is 45.9 Å². The van der Waals surface area contributed by atoms with E-state index in [1.54, 1.807) is 17.0 Å². The Labute approximate surface area is 195 Å². The number of hydrogen-bond donors (Lipinski definition) is 1. The Morgan fingerprint density at radius 1 is 1.06 bits per heavy atom. The molecule has 3 amide bonds.